The van der Waals surface area contributed by atoms with E-state index in [4.69, 9.17) is 32.7 Å². The molecular weight excluding hydrogens is 425 g/mol. The van der Waals surface area contributed by atoms with E-state index in [0.717, 1.165) is 28.4 Å². The Kier molecular flexibility index (Phi) is 5.88. The predicted molar refractivity (Wildman–Crippen MR) is 116 cm³/mol. The zero-order valence-corrected chi connectivity index (χ0v) is 18.1. The number of rotatable bonds is 5. The second-order valence-electron chi connectivity index (χ2n) is 7.14. The molecule has 8 heteroatoms. The van der Waals surface area contributed by atoms with Crippen LogP contribution in [0.15, 0.2) is 42.5 Å². The standard InChI is InChI=1S/C22H21Cl2N3O3/c1-13-17(14(2)27(26-13)15-7-8-18(23)19(24)9-15)10-22(28)25-11-16-12-29-20-5-3-4-6-21(20)30-16/h3-9,16H,10-12H2,1-2H3,(H,25,28)/t16-/m0/s1. The summed E-state index contributed by atoms with van der Waals surface area (Å²) < 4.78 is 13.3. The molecule has 1 N–H and O–H groups in total. The number of hydrogen-bond acceptors (Lipinski definition) is 4. The number of benzene rings is 2. The van der Waals surface area contributed by atoms with Crippen LogP contribution in [0.3, 0.4) is 0 Å². The van der Waals surface area contributed by atoms with Gasteiger partial charge >= 0.3 is 0 Å². The average Bonchev–Trinajstić information content (AvgIpc) is 3.02. The van der Waals surface area contributed by atoms with Crippen LogP contribution in [0.4, 0.5) is 0 Å². The van der Waals surface area contributed by atoms with Gasteiger partial charge in [0.1, 0.15) is 12.7 Å². The number of para-hydroxylation sites is 2. The lowest BCUT2D eigenvalue weighted by molar-refractivity contribution is -0.121. The van der Waals surface area contributed by atoms with Gasteiger partial charge in [-0.2, -0.15) is 5.10 Å². The minimum absolute atomic E-state index is 0.0997. The maximum atomic E-state index is 12.6. The number of halogens is 2. The fraction of sp³-hybridized carbons (Fsp3) is 0.273. The number of aryl methyl sites for hydroxylation is 1. The van der Waals surface area contributed by atoms with Gasteiger partial charge in [0.25, 0.3) is 0 Å². The fourth-order valence-electron chi connectivity index (χ4n) is 3.41. The van der Waals surface area contributed by atoms with Gasteiger partial charge in [0, 0.05) is 11.3 Å². The predicted octanol–water partition coefficient (Wildman–Crippen LogP) is 4.29. The van der Waals surface area contributed by atoms with Gasteiger partial charge in [0.2, 0.25) is 5.91 Å². The number of carbonyl (C=O) groups excluding carboxylic acids is 1. The van der Waals surface area contributed by atoms with E-state index in [1.807, 2.05) is 44.2 Å². The largest absolute Gasteiger partial charge is 0.486 e. The van der Waals surface area contributed by atoms with Crippen LogP contribution in [-0.2, 0) is 11.2 Å². The molecule has 0 radical (unpaired) electrons. The average molecular weight is 446 g/mol. The smallest absolute Gasteiger partial charge is 0.224 e. The Labute approximate surface area is 184 Å². The van der Waals surface area contributed by atoms with Crippen molar-refractivity contribution in [2.24, 2.45) is 0 Å². The molecule has 0 fully saturated rings. The first-order valence-corrected chi connectivity index (χ1v) is 10.3. The maximum Gasteiger partial charge on any atom is 0.224 e. The van der Waals surface area contributed by atoms with Crippen LogP contribution in [0.5, 0.6) is 11.5 Å². The molecule has 6 nitrogen and oxygen atoms in total. The lowest BCUT2D eigenvalue weighted by Gasteiger charge is -2.26. The molecule has 0 saturated heterocycles. The number of hydrogen-bond donors (Lipinski definition) is 1. The third kappa shape index (κ3) is 4.25. The lowest BCUT2D eigenvalue weighted by atomic mass is 10.1. The SMILES string of the molecule is Cc1nn(-c2ccc(Cl)c(Cl)c2)c(C)c1CC(=O)NC[C@H]1COc2ccccc2O1. The summed E-state index contributed by atoms with van der Waals surface area (Å²) in [7, 11) is 0. The van der Waals surface area contributed by atoms with Gasteiger partial charge in [-0.1, -0.05) is 35.3 Å². The lowest BCUT2D eigenvalue weighted by Crippen LogP contribution is -2.41. The molecule has 2 heterocycles. The second-order valence-corrected chi connectivity index (χ2v) is 7.95. The maximum absolute atomic E-state index is 12.6. The first-order chi connectivity index (χ1) is 14.4. The van der Waals surface area contributed by atoms with E-state index >= 15 is 0 Å². The summed E-state index contributed by atoms with van der Waals surface area (Å²) in [4.78, 5) is 12.6. The quantitative estimate of drug-likeness (QED) is 0.635. The molecule has 0 bridgehead atoms. The second kappa shape index (κ2) is 8.58. The fourth-order valence-corrected chi connectivity index (χ4v) is 3.71. The van der Waals surface area contributed by atoms with Crippen LogP contribution in [0.1, 0.15) is 17.0 Å². The number of ether oxygens (including phenoxy) is 2. The van der Waals surface area contributed by atoms with Crippen LogP contribution in [0, 0.1) is 13.8 Å². The first-order valence-electron chi connectivity index (χ1n) is 9.58. The number of amides is 1. The number of nitrogens with one attached hydrogen (secondary N) is 1. The van der Waals surface area contributed by atoms with E-state index in [1.54, 1.807) is 16.8 Å². The molecule has 156 valence electrons. The molecular formula is C22H21Cl2N3O3. The summed E-state index contributed by atoms with van der Waals surface area (Å²) in [6, 6.07) is 12.8. The topological polar surface area (TPSA) is 65.4 Å². The Hall–Kier alpha value is -2.70. The van der Waals surface area contributed by atoms with Gasteiger partial charge in [-0.05, 0) is 44.2 Å². The summed E-state index contributed by atoms with van der Waals surface area (Å²) in [5.74, 6) is 1.32. The van der Waals surface area contributed by atoms with Gasteiger partial charge in [-0.3, -0.25) is 4.79 Å². The van der Waals surface area contributed by atoms with Crippen molar-refractivity contribution < 1.29 is 14.3 Å². The Bertz CT molecular complexity index is 1100. The minimum atomic E-state index is -0.232. The Morgan fingerprint density at radius 2 is 1.93 bits per heavy atom. The van der Waals surface area contributed by atoms with E-state index in [2.05, 4.69) is 10.4 Å². The van der Waals surface area contributed by atoms with Gasteiger partial charge in [0.15, 0.2) is 11.5 Å². The first kappa shape index (κ1) is 20.6. The molecule has 3 aromatic rings. The van der Waals surface area contributed by atoms with Crippen LogP contribution in [0.25, 0.3) is 5.69 Å². The van der Waals surface area contributed by atoms with Gasteiger partial charge in [0.05, 0.1) is 34.4 Å². The normalized spacial score (nSPS) is 15.1. The van der Waals surface area contributed by atoms with Crippen molar-refractivity contribution >= 4 is 29.1 Å². The van der Waals surface area contributed by atoms with E-state index in [1.165, 1.54) is 0 Å². The van der Waals surface area contributed by atoms with Crippen molar-refractivity contribution in [3.05, 3.63) is 69.5 Å². The molecule has 2 aromatic carbocycles. The van der Waals surface area contributed by atoms with Crippen LogP contribution in [0.2, 0.25) is 10.0 Å². The minimum Gasteiger partial charge on any atom is -0.486 e. The number of nitrogens with zero attached hydrogens (tertiary/aromatic N) is 2. The monoisotopic (exact) mass is 445 g/mol. The van der Waals surface area contributed by atoms with Crippen molar-refractivity contribution in [2.45, 2.75) is 26.4 Å². The summed E-state index contributed by atoms with van der Waals surface area (Å²) in [6.45, 7) is 4.58. The van der Waals surface area contributed by atoms with Crippen molar-refractivity contribution in [1.29, 1.82) is 0 Å². The van der Waals surface area contributed by atoms with Crippen molar-refractivity contribution in [3.8, 4) is 17.2 Å². The molecule has 1 aliphatic rings. The Balaban J connectivity index is 1.40. The third-order valence-electron chi connectivity index (χ3n) is 5.02. The van der Waals surface area contributed by atoms with Gasteiger partial charge in [-0.25, -0.2) is 4.68 Å². The molecule has 0 aliphatic carbocycles. The van der Waals surface area contributed by atoms with E-state index in [9.17, 15) is 4.79 Å². The number of fused-ring (bicyclic) bond motifs is 1. The van der Waals surface area contributed by atoms with E-state index in [-0.39, 0.29) is 18.4 Å². The molecule has 0 saturated carbocycles. The molecule has 1 atom stereocenters. The van der Waals surface area contributed by atoms with E-state index in [0.29, 0.717) is 28.9 Å². The Morgan fingerprint density at radius 3 is 2.70 bits per heavy atom. The number of carbonyl (C=O) groups is 1. The van der Waals surface area contributed by atoms with Crippen molar-refractivity contribution in [3.63, 3.8) is 0 Å². The summed E-state index contributed by atoms with van der Waals surface area (Å²) >= 11 is 12.1. The highest BCUT2D eigenvalue weighted by Gasteiger charge is 2.22. The Morgan fingerprint density at radius 1 is 1.17 bits per heavy atom. The van der Waals surface area contributed by atoms with Crippen LogP contribution < -0.4 is 14.8 Å². The zero-order chi connectivity index (χ0) is 21.3. The molecule has 30 heavy (non-hydrogen) atoms. The molecule has 1 aliphatic heterocycles. The van der Waals surface area contributed by atoms with Crippen LogP contribution >= 0.6 is 23.2 Å². The van der Waals surface area contributed by atoms with E-state index < -0.39 is 0 Å². The van der Waals surface area contributed by atoms with Crippen molar-refractivity contribution in [1.82, 2.24) is 15.1 Å². The molecule has 0 unspecified atom stereocenters. The molecule has 4 rings (SSSR count). The van der Waals surface area contributed by atoms with Gasteiger partial charge in [-0.15, -0.1) is 0 Å². The highest BCUT2D eigenvalue weighted by Crippen LogP contribution is 2.30. The molecule has 0 spiro atoms. The van der Waals surface area contributed by atoms with Crippen LogP contribution in [-0.4, -0.2) is 34.9 Å². The highest BCUT2D eigenvalue weighted by molar-refractivity contribution is 6.42. The van der Waals surface area contributed by atoms with Crippen molar-refractivity contribution in [2.75, 3.05) is 13.2 Å². The molecule has 1 amide bonds. The summed E-state index contributed by atoms with van der Waals surface area (Å²) in [6.07, 6.45) is -0.00615. The summed E-state index contributed by atoms with van der Waals surface area (Å²) in [5.41, 5.74) is 3.35. The summed E-state index contributed by atoms with van der Waals surface area (Å²) in [5, 5.41) is 8.44. The zero-order valence-electron chi connectivity index (χ0n) is 16.6. The third-order valence-corrected chi connectivity index (χ3v) is 5.76. The number of aromatic nitrogens is 2. The van der Waals surface area contributed by atoms with Gasteiger partial charge < -0.3 is 14.8 Å². The highest BCUT2D eigenvalue weighted by atomic mass is 35.5. The molecule has 1 aromatic heterocycles.